The predicted molar refractivity (Wildman–Crippen MR) is 76.2 cm³/mol. The third-order valence-electron chi connectivity index (χ3n) is 2.76. The first kappa shape index (κ1) is 15.5. The second-order valence-electron chi connectivity index (χ2n) is 4.89. The van der Waals surface area contributed by atoms with Crippen LogP contribution in [0.25, 0.3) is 0 Å². The molecule has 0 unspecified atom stereocenters. The van der Waals surface area contributed by atoms with Crippen molar-refractivity contribution in [1.82, 2.24) is 0 Å². The van der Waals surface area contributed by atoms with Gasteiger partial charge in [-0.3, -0.25) is 4.79 Å². The molecule has 0 bridgehead atoms. The number of anilines is 1. The van der Waals surface area contributed by atoms with Crippen LogP contribution in [-0.2, 0) is 11.4 Å². The molecule has 0 fully saturated rings. The lowest BCUT2D eigenvalue weighted by atomic mass is 10.1. The molecule has 4 heteroatoms. The van der Waals surface area contributed by atoms with Crippen molar-refractivity contribution >= 4 is 11.6 Å². The molecule has 2 N–H and O–H groups in total. The zero-order chi connectivity index (χ0) is 14.3. The molecule has 0 spiro atoms. The molecule has 0 aromatic heterocycles. The summed E-state index contributed by atoms with van der Waals surface area (Å²) in [6.07, 6.45) is 1.38. The van der Waals surface area contributed by atoms with Gasteiger partial charge in [0.25, 0.3) is 0 Å². The molecule has 19 heavy (non-hydrogen) atoms. The van der Waals surface area contributed by atoms with E-state index in [2.05, 4.69) is 19.2 Å². The Bertz CT molecular complexity index is 416. The van der Waals surface area contributed by atoms with Crippen molar-refractivity contribution in [2.45, 2.75) is 40.2 Å². The van der Waals surface area contributed by atoms with E-state index in [1.165, 1.54) is 0 Å². The normalized spacial score (nSPS) is 10.6. The van der Waals surface area contributed by atoms with Crippen LogP contribution in [0.2, 0.25) is 0 Å². The van der Waals surface area contributed by atoms with E-state index < -0.39 is 0 Å². The zero-order valence-corrected chi connectivity index (χ0v) is 11.9. The summed E-state index contributed by atoms with van der Waals surface area (Å²) in [5.74, 6) is 1.17. The van der Waals surface area contributed by atoms with Crippen LogP contribution < -0.4 is 10.1 Å². The monoisotopic (exact) mass is 265 g/mol. The van der Waals surface area contributed by atoms with Crippen LogP contribution >= 0.6 is 0 Å². The second kappa shape index (κ2) is 7.79. The molecule has 0 radical (unpaired) electrons. The maximum atomic E-state index is 11.7. The first-order valence-corrected chi connectivity index (χ1v) is 6.73. The molecule has 0 heterocycles. The number of hydrogen-bond acceptors (Lipinski definition) is 3. The van der Waals surface area contributed by atoms with Crippen molar-refractivity contribution in [2.24, 2.45) is 5.92 Å². The number of carbonyl (C=O) groups is 1. The average Bonchev–Trinajstić information content (AvgIpc) is 2.38. The lowest BCUT2D eigenvalue weighted by Gasteiger charge is -2.11. The van der Waals surface area contributed by atoms with E-state index in [0.717, 1.165) is 6.42 Å². The van der Waals surface area contributed by atoms with Gasteiger partial charge in [0, 0.05) is 17.7 Å². The SMILES string of the molecule is CCOc1ccc(NC(=O)CCC(C)C)cc1CO. The summed E-state index contributed by atoms with van der Waals surface area (Å²) >= 11 is 0. The second-order valence-corrected chi connectivity index (χ2v) is 4.89. The van der Waals surface area contributed by atoms with Crippen molar-refractivity contribution in [1.29, 1.82) is 0 Å². The van der Waals surface area contributed by atoms with Crippen LogP contribution in [0.4, 0.5) is 5.69 Å². The number of carbonyl (C=O) groups excluding carboxylic acids is 1. The largest absolute Gasteiger partial charge is 0.494 e. The molecule has 0 aliphatic carbocycles. The number of amides is 1. The number of hydrogen-bond donors (Lipinski definition) is 2. The molecular weight excluding hydrogens is 242 g/mol. The van der Waals surface area contributed by atoms with Crippen LogP contribution in [0.3, 0.4) is 0 Å². The maximum Gasteiger partial charge on any atom is 0.224 e. The van der Waals surface area contributed by atoms with Gasteiger partial charge in [-0.1, -0.05) is 13.8 Å². The molecule has 106 valence electrons. The van der Waals surface area contributed by atoms with Crippen molar-refractivity contribution in [3.63, 3.8) is 0 Å². The fourth-order valence-corrected chi connectivity index (χ4v) is 1.72. The van der Waals surface area contributed by atoms with Crippen LogP contribution in [0.15, 0.2) is 18.2 Å². The van der Waals surface area contributed by atoms with Crippen molar-refractivity contribution < 1.29 is 14.6 Å². The Morgan fingerprint density at radius 1 is 1.42 bits per heavy atom. The quantitative estimate of drug-likeness (QED) is 0.797. The molecule has 4 nitrogen and oxygen atoms in total. The van der Waals surface area contributed by atoms with E-state index in [1.807, 2.05) is 6.92 Å². The van der Waals surface area contributed by atoms with Gasteiger partial charge in [0.15, 0.2) is 0 Å². The fraction of sp³-hybridized carbons (Fsp3) is 0.533. The molecule has 0 saturated heterocycles. The Hall–Kier alpha value is -1.55. The van der Waals surface area contributed by atoms with Crippen molar-refractivity contribution in [2.75, 3.05) is 11.9 Å². The fourth-order valence-electron chi connectivity index (χ4n) is 1.72. The summed E-state index contributed by atoms with van der Waals surface area (Å²) in [5, 5.41) is 12.1. The molecule has 1 aromatic rings. The van der Waals surface area contributed by atoms with Crippen LogP contribution in [0.5, 0.6) is 5.75 Å². The van der Waals surface area contributed by atoms with Crippen molar-refractivity contribution in [3.05, 3.63) is 23.8 Å². The summed E-state index contributed by atoms with van der Waals surface area (Å²) in [6.45, 7) is 6.52. The smallest absolute Gasteiger partial charge is 0.224 e. The molecule has 0 aliphatic heterocycles. The summed E-state index contributed by atoms with van der Waals surface area (Å²) in [7, 11) is 0. The number of rotatable bonds is 7. The Kier molecular flexibility index (Phi) is 6.36. The van der Waals surface area contributed by atoms with E-state index in [1.54, 1.807) is 18.2 Å². The first-order valence-electron chi connectivity index (χ1n) is 6.73. The Labute approximate surface area is 114 Å². The minimum atomic E-state index is -0.106. The predicted octanol–water partition coefficient (Wildman–Crippen LogP) is 2.95. The van der Waals surface area contributed by atoms with Gasteiger partial charge < -0.3 is 15.2 Å². The van der Waals surface area contributed by atoms with Crippen molar-refractivity contribution in [3.8, 4) is 5.75 Å². The molecule has 1 rings (SSSR count). The van der Waals surface area contributed by atoms with Gasteiger partial charge in [0.05, 0.1) is 13.2 Å². The first-order chi connectivity index (χ1) is 9.06. The van der Waals surface area contributed by atoms with E-state index in [9.17, 15) is 9.90 Å². The van der Waals surface area contributed by atoms with Crippen LogP contribution in [-0.4, -0.2) is 17.6 Å². The zero-order valence-electron chi connectivity index (χ0n) is 11.9. The van der Waals surface area contributed by atoms with Gasteiger partial charge in [-0.2, -0.15) is 0 Å². The van der Waals surface area contributed by atoms with Gasteiger partial charge in [0.1, 0.15) is 5.75 Å². The molecule has 0 atom stereocenters. The summed E-state index contributed by atoms with van der Waals surface area (Å²) < 4.78 is 5.39. The number of nitrogens with one attached hydrogen (secondary N) is 1. The van der Waals surface area contributed by atoms with Crippen LogP contribution in [0, 0.1) is 5.92 Å². The maximum absolute atomic E-state index is 11.7. The Morgan fingerprint density at radius 3 is 2.74 bits per heavy atom. The van der Waals surface area contributed by atoms with Crippen LogP contribution in [0.1, 0.15) is 39.2 Å². The van der Waals surface area contributed by atoms with E-state index in [-0.39, 0.29) is 12.5 Å². The number of ether oxygens (including phenoxy) is 1. The van der Waals surface area contributed by atoms with Gasteiger partial charge in [-0.05, 0) is 37.5 Å². The van der Waals surface area contributed by atoms with E-state index in [0.29, 0.717) is 35.9 Å². The van der Waals surface area contributed by atoms with Gasteiger partial charge in [-0.15, -0.1) is 0 Å². The molecule has 0 saturated carbocycles. The third kappa shape index (κ3) is 5.30. The number of benzene rings is 1. The molecule has 1 amide bonds. The average molecular weight is 265 g/mol. The molecule has 1 aromatic carbocycles. The lowest BCUT2D eigenvalue weighted by molar-refractivity contribution is -0.116. The Morgan fingerprint density at radius 2 is 2.16 bits per heavy atom. The minimum Gasteiger partial charge on any atom is -0.494 e. The highest BCUT2D eigenvalue weighted by Gasteiger charge is 2.07. The standard InChI is InChI=1S/C15H23NO3/c1-4-19-14-7-6-13(9-12(14)10-17)16-15(18)8-5-11(2)3/h6-7,9,11,17H,4-5,8,10H2,1-3H3,(H,16,18). The van der Waals surface area contributed by atoms with E-state index >= 15 is 0 Å². The number of aliphatic hydroxyl groups is 1. The van der Waals surface area contributed by atoms with E-state index in [4.69, 9.17) is 4.74 Å². The highest BCUT2D eigenvalue weighted by Crippen LogP contribution is 2.23. The molecule has 0 aliphatic rings. The highest BCUT2D eigenvalue weighted by atomic mass is 16.5. The van der Waals surface area contributed by atoms with Gasteiger partial charge >= 0.3 is 0 Å². The molecular formula is C15H23NO3. The highest BCUT2D eigenvalue weighted by molar-refractivity contribution is 5.90. The third-order valence-corrected chi connectivity index (χ3v) is 2.76. The summed E-state index contributed by atoms with van der Waals surface area (Å²) in [6, 6.07) is 5.31. The summed E-state index contributed by atoms with van der Waals surface area (Å²) in [4.78, 5) is 11.7. The van der Waals surface area contributed by atoms with Gasteiger partial charge in [0.2, 0.25) is 5.91 Å². The minimum absolute atomic E-state index is 0.00162. The Balaban J connectivity index is 2.66. The number of aliphatic hydroxyl groups excluding tert-OH is 1. The lowest BCUT2D eigenvalue weighted by Crippen LogP contribution is -2.12. The topological polar surface area (TPSA) is 58.6 Å². The van der Waals surface area contributed by atoms with Gasteiger partial charge in [-0.25, -0.2) is 0 Å². The summed E-state index contributed by atoms with van der Waals surface area (Å²) in [5.41, 5.74) is 1.38.